The first kappa shape index (κ1) is 26.5. The van der Waals surface area contributed by atoms with E-state index in [1.165, 1.54) is 0 Å². The number of ether oxygens (including phenoxy) is 1. The summed E-state index contributed by atoms with van der Waals surface area (Å²) in [6.07, 6.45) is 3.96. The molecule has 0 bridgehead atoms. The first-order valence-electron chi connectivity index (χ1n) is 9.32. The zero-order valence-electron chi connectivity index (χ0n) is 17.3. The number of guanidine groups is 1. The minimum absolute atomic E-state index is 0. The van der Waals surface area contributed by atoms with E-state index in [9.17, 15) is 8.42 Å². The number of sulfonamides is 1. The highest BCUT2D eigenvalue weighted by atomic mass is 127. The van der Waals surface area contributed by atoms with E-state index < -0.39 is 10.0 Å². The van der Waals surface area contributed by atoms with Gasteiger partial charge in [0.05, 0.1) is 18.6 Å². The van der Waals surface area contributed by atoms with Crippen molar-refractivity contribution >= 4 is 51.6 Å². The number of aromatic nitrogens is 1. The maximum Gasteiger partial charge on any atom is 0.242 e. The minimum Gasteiger partial charge on any atom is -0.497 e. The maximum absolute atomic E-state index is 12.2. The largest absolute Gasteiger partial charge is 0.497 e. The van der Waals surface area contributed by atoms with Crippen LogP contribution in [0.25, 0.3) is 0 Å². The predicted molar refractivity (Wildman–Crippen MR) is 132 cm³/mol. The molecule has 0 atom stereocenters. The molecule has 0 aliphatic heterocycles. The van der Waals surface area contributed by atoms with Crippen molar-refractivity contribution in [3.8, 4) is 5.75 Å². The second kappa shape index (κ2) is 13.0. The molecule has 3 N–H and O–H groups in total. The van der Waals surface area contributed by atoms with Gasteiger partial charge in [-0.25, -0.2) is 13.1 Å². The molecule has 1 aromatic heterocycles. The molecule has 0 aliphatic rings. The number of methoxy groups -OCH3 is 1. The fourth-order valence-corrected chi connectivity index (χ4v) is 3.92. The monoisotopic (exact) mass is 569 g/mol. The second-order valence-corrected chi connectivity index (χ2v) is 8.48. The van der Waals surface area contributed by atoms with Gasteiger partial charge >= 0.3 is 0 Å². The van der Waals surface area contributed by atoms with Crippen LogP contribution in [0.2, 0.25) is 5.02 Å². The predicted octanol–water partition coefficient (Wildman–Crippen LogP) is 2.38. The summed E-state index contributed by atoms with van der Waals surface area (Å²) in [5, 5.41) is 7.02. The molecule has 2 aromatic rings. The van der Waals surface area contributed by atoms with Crippen LogP contribution >= 0.6 is 35.6 Å². The Hall–Kier alpha value is -1.50. The van der Waals surface area contributed by atoms with Gasteiger partial charge in [0.1, 0.15) is 5.75 Å². The van der Waals surface area contributed by atoms with Gasteiger partial charge in [0.2, 0.25) is 10.0 Å². The van der Waals surface area contributed by atoms with Crippen LogP contribution in [0.5, 0.6) is 5.75 Å². The van der Waals surface area contributed by atoms with E-state index in [4.69, 9.17) is 16.3 Å². The summed E-state index contributed by atoms with van der Waals surface area (Å²) in [4.78, 5) is 4.65. The number of rotatable bonds is 10. The maximum atomic E-state index is 12.2. The van der Waals surface area contributed by atoms with Crippen molar-refractivity contribution in [3.05, 3.63) is 47.2 Å². The number of benzene rings is 1. The number of hydrogen-bond acceptors (Lipinski definition) is 4. The lowest BCUT2D eigenvalue weighted by Gasteiger charge is -2.12. The van der Waals surface area contributed by atoms with Gasteiger partial charge in [-0.05, 0) is 37.1 Å². The number of aryl methyl sites for hydroxylation is 1. The Bertz CT molecular complexity index is 934. The number of nitrogens with one attached hydrogen (secondary N) is 3. The third-order valence-electron chi connectivity index (χ3n) is 4.08. The molecule has 0 saturated carbocycles. The molecule has 30 heavy (non-hydrogen) atoms. The number of hydrogen-bond donors (Lipinski definition) is 3. The van der Waals surface area contributed by atoms with E-state index in [1.54, 1.807) is 43.3 Å². The van der Waals surface area contributed by atoms with Crippen LogP contribution in [0.4, 0.5) is 0 Å². The van der Waals surface area contributed by atoms with Crippen LogP contribution < -0.4 is 20.1 Å². The van der Waals surface area contributed by atoms with Gasteiger partial charge in [-0.1, -0.05) is 17.7 Å². The summed E-state index contributed by atoms with van der Waals surface area (Å²) in [5.41, 5.74) is 1.01. The average Bonchev–Trinajstić information content (AvgIpc) is 3.13. The first-order valence-corrected chi connectivity index (χ1v) is 11.2. The van der Waals surface area contributed by atoms with Gasteiger partial charge < -0.3 is 19.9 Å². The van der Waals surface area contributed by atoms with E-state index in [2.05, 4.69) is 20.3 Å². The summed E-state index contributed by atoms with van der Waals surface area (Å²) in [5.74, 6) is 1.34. The molecule has 0 saturated heterocycles. The molecule has 2 rings (SSSR count). The summed E-state index contributed by atoms with van der Waals surface area (Å²) in [6.45, 7) is 3.82. The van der Waals surface area contributed by atoms with Crippen LogP contribution in [-0.4, -0.2) is 52.2 Å². The lowest BCUT2D eigenvalue weighted by molar-refractivity contribution is 0.414. The van der Waals surface area contributed by atoms with E-state index in [0.29, 0.717) is 37.0 Å². The van der Waals surface area contributed by atoms with Crippen molar-refractivity contribution in [2.75, 3.05) is 33.3 Å². The lowest BCUT2D eigenvalue weighted by atomic mass is 10.1. The zero-order valence-corrected chi connectivity index (χ0v) is 21.2. The Morgan fingerprint density at radius 3 is 2.60 bits per heavy atom. The molecule has 11 heteroatoms. The van der Waals surface area contributed by atoms with Crippen molar-refractivity contribution in [1.29, 1.82) is 0 Å². The molecule has 0 amide bonds. The van der Waals surface area contributed by atoms with Crippen molar-refractivity contribution in [2.45, 2.75) is 18.2 Å². The van der Waals surface area contributed by atoms with Crippen LogP contribution in [0.15, 0.2) is 46.5 Å². The van der Waals surface area contributed by atoms with Crippen LogP contribution in [0.3, 0.4) is 0 Å². The number of halogens is 2. The van der Waals surface area contributed by atoms with Crippen molar-refractivity contribution in [3.63, 3.8) is 0 Å². The molecule has 0 unspecified atom stereocenters. The summed E-state index contributed by atoms with van der Waals surface area (Å²) in [6, 6.07) is 7.15. The second-order valence-electron chi connectivity index (χ2n) is 6.31. The molecule has 0 aliphatic carbocycles. The summed E-state index contributed by atoms with van der Waals surface area (Å²) >= 11 is 6.26. The van der Waals surface area contributed by atoms with Gasteiger partial charge in [0.25, 0.3) is 0 Å². The summed E-state index contributed by atoms with van der Waals surface area (Å²) in [7, 11) is -0.141. The molecule has 8 nitrogen and oxygen atoms in total. The smallest absolute Gasteiger partial charge is 0.242 e. The highest BCUT2D eigenvalue weighted by molar-refractivity contribution is 14.0. The molecular weight excluding hydrogens is 541 g/mol. The number of nitrogens with zero attached hydrogens (tertiary/aromatic N) is 2. The van der Waals surface area contributed by atoms with Crippen molar-refractivity contribution in [1.82, 2.24) is 19.9 Å². The fourth-order valence-electron chi connectivity index (χ4n) is 2.58. The Morgan fingerprint density at radius 2 is 2.00 bits per heavy atom. The average molecular weight is 570 g/mol. The zero-order chi connectivity index (χ0) is 21.3. The number of aliphatic imine (C=N–C) groups is 1. The van der Waals surface area contributed by atoms with E-state index in [-0.39, 0.29) is 35.4 Å². The molecule has 0 fully saturated rings. The van der Waals surface area contributed by atoms with E-state index >= 15 is 0 Å². The Kier molecular flexibility index (Phi) is 11.5. The standard InChI is InChI=1S/C19H28ClN5O3S.HI/c1-4-21-19(22-9-7-15-5-6-16(28-3)13-18(15)20)23-10-11-24-29(26,27)17-8-12-25(2)14-17;/h5-6,8,12-14,24H,4,7,9-11H2,1-3H3,(H2,21,22,23);1H. The highest BCUT2D eigenvalue weighted by Gasteiger charge is 2.13. The van der Waals surface area contributed by atoms with Gasteiger partial charge in [-0.15, -0.1) is 24.0 Å². The van der Waals surface area contributed by atoms with Gasteiger partial charge in [0.15, 0.2) is 5.96 Å². The molecule has 168 valence electrons. The molecule has 0 radical (unpaired) electrons. The van der Waals surface area contributed by atoms with E-state index in [0.717, 1.165) is 11.3 Å². The fraction of sp³-hybridized carbons (Fsp3) is 0.421. The first-order chi connectivity index (χ1) is 13.9. The molecular formula is C19H29ClIN5O3S. The van der Waals surface area contributed by atoms with Crippen LogP contribution in [0, 0.1) is 0 Å². The Balaban J connectivity index is 0.00000450. The van der Waals surface area contributed by atoms with Gasteiger partial charge in [-0.3, -0.25) is 4.99 Å². The highest BCUT2D eigenvalue weighted by Crippen LogP contribution is 2.22. The quantitative estimate of drug-likeness (QED) is 0.177. The SMILES string of the molecule is CCNC(=NCCNS(=O)(=O)c1ccn(C)c1)NCCc1ccc(OC)cc1Cl.I. The van der Waals surface area contributed by atoms with Crippen molar-refractivity contribution in [2.24, 2.45) is 12.0 Å². The van der Waals surface area contributed by atoms with Crippen molar-refractivity contribution < 1.29 is 13.2 Å². The topological polar surface area (TPSA) is 96.8 Å². The third kappa shape index (κ3) is 8.32. The van der Waals surface area contributed by atoms with Crippen LogP contribution in [-0.2, 0) is 23.5 Å². The minimum atomic E-state index is -3.52. The van der Waals surface area contributed by atoms with Gasteiger partial charge in [-0.2, -0.15) is 0 Å². The Labute approximate surface area is 200 Å². The molecule has 0 spiro atoms. The summed E-state index contributed by atoms with van der Waals surface area (Å²) < 4.78 is 33.8. The normalized spacial score (nSPS) is 11.7. The third-order valence-corrected chi connectivity index (χ3v) is 5.88. The van der Waals surface area contributed by atoms with E-state index in [1.807, 2.05) is 19.1 Å². The van der Waals surface area contributed by atoms with Crippen LogP contribution in [0.1, 0.15) is 12.5 Å². The molecule has 1 heterocycles. The Morgan fingerprint density at radius 1 is 1.23 bits per heavy atom. The lowest BCUT2D eigenvalue weighted by Crippen LogP contribution is -2.39. The molecule has 1 aromatic carbocycles. The van der Waals surface area contributed by atoms with Gasteiger partial charge in [0, 0.05) is 44.1 Å².